The Morgan fingerprint density at radius 3 is 2.41 bits per heavy atom. The first-order valence-corrected chi connectivity index (χ1v) is 6.93. The minimum Gasteiger partial charge on any atom is -0.478 e. The largest absolute Gasteiger partial charge is 0.478 e. The third-order valence-corrected chi connectivity index (χ3v) is 3.62. The molecule has 1 N–H and O–H groups in total. The van der Waals surface area contributed by atoms with E-state index in [1.165, 1.54) is 18.2 Å². The van der Waals surface area contributed by atoms with Gasteiger partial charge in [-0.05, 0) is 46.3 Å². The lowest BCUT2D eigenvalue weighted by Gasteiger charge is -2.13. The minimum absolute atomic E-state index is 0.0384. The molecule has 3 nitrogen and oxygen atoms in total. The van der Waals surface area contributed by atoms with Gasteiger partial charge in [0, 0.05) is 4.47 Å². The van der Waals surface area contributed by atoms with Crippen LogP contribution in [0.5, 0.6) is 11.5 Å². The second-order valence-electron chi connectivity index (χ2n) is 4.16. The lowest BCUT2D eigenvalue weighted by Crippen LogP contribution is -2.05. The lowest BCUT2D eigenvalue weighted by molar-refractivity contribution is -0.137. The van der Waals surface area contributed by atoms with Crippen molar-refractivity contribution >= 4 is 33.5 Å². The SMILES string of the molecule is O=C(O)c1c(Br)cccc1Oc1ccc(C(F)(F)F)cc1Cl. The quantitative estimate of drug-likeness (QED) is 0.734. The summed E-state index contributed by atoms with van der Waals surface area (Å²) in [6.45, 7) is 0. The molecule has 0 saturated carbocycles. The number of benzene rings is 2. The standard InChI is InChI=1S/C14H7BrClF3O3/c15-8-2-1-3-11(12(8)13(20)21)22-10-5-4-7(6-9(10)16)14(17,18)19/h1-6H,(H,20,21). The average Bonchev–Trinajstić information content (AvgIpc) is 2.39. The van der Waals surface area contributed by atoms with Gasteiger partial charge in [-0.2, -0.15) is 13.2 Å². The van der Waals surface area contributed by atoms with Crippen molar-refractivity contribution in [2.75, 3.05) is 0 Å². The number of carbonyl (C=O) groups is 1. The van der Waals surface area contributed by atoms with Crippen LogP contribution in [0.2, 0.25) is 5.02 Å². The molecule has 0 fully saturated rings. The number of carboxylic acids is 1. The molecule has 0 aliphatic rings. The van der Waals surface area contributed by atoms with E-state index in [9.17, 15) is 18.0 Å². The first-order chi connectivity index (χ1) is 10.2. The number of aromatic carboxylic acids is 1. The maximum Gasteiger partial charge on any atom is 0.416 e. The Bertz CT molecular complexity index is 732. The van der Waals surface area contributed by atoms with Crippen molar-refractivity contribution in [2.45, 2.75) is 6.18 Å². The molecular formula is C14H7BrClF3O3. The van der Waals surface area contributed by atoms with Crippen LogP contribution in [0.3, 0.4) is 0 Å². The van der Waals surface area contributed by atoms with E-state index < -0.39 is 17.7 Å². The topological polar surface area (TPSA) is 46.5 Å². The van der Waals surface area contributed by atoms with Crippen LogP contribution < -0.4 is 4.74 Å². The van der Waals surface area contributed by atoms with Crippen molar-refractivity contribution in [3.05, 3.63) is 57.0 Å². The van der Waals surface area contributed by atoms with Gasteiger partial charge in [-0.1, -0.05) is 17.7 Å². The Hall–Kier alpha value is -1.73. The summed E-state index contributed by atoms with van der Waals surface area (Å²) in [6, 6.07) is 6.98. The van der Waals surface area contributed by atoms with Gasteiger partial charge in [0.2, 0.25) is 0 Å². The summed E-state index contributed by atoms with van der Waals surface area (Å²) in [4.78, 5) is 11.2. The summed E-state index contributed by atoms with van der Waals surface area (Å²) >= 11 is 8.85. The summed E-state index contributed by atoms with van der Waals surface area (Å²) in [5, 5.41) is 8.88. The normalized spacial score (nSPS) is 11.3. The molecule has 0 unspecified atom stereocenters. The van der Waals surface area contributed by atoms with Crippen LogP contribution in [-0.4, -0.2) is 11.1 Å². The summed E-state index contributed by atoms with van der Waals surface area (Å²) in [5.41, 5.74) is -1.07. The van der Waals surface area contributed by atoms with Crippen molar-refractivity contribution in [1.82, 2.24) is 0 Å². The molecular weight excluding hydrogens is 389 g/mol. The Morgan fingerprint density at radius 1 is 1.18 bits per heavy atom. The van der Waals surface area contributed by atoms with Gasteiger partial charge in [-0.3, -0.25) is 0 Å². The fourth-order valence-electron chi connectivity index (χ4n) is 1.68. The van der Waals surface area contributed by atoms with Gasteiger partial charge in [0.15, 0.2) is 0 Å². The van der Waals surface area contributed by atoms with Gasteiger partial charge in [0.25, 0.3) is 0 Å². The molecule has 0 bridgehead atoms. The first kappa shape index (κ1) is 16.6. The maximum atomic E-state index is 12.6. The summed E-state index contributed by atoms with van der Waals surface area (Å²) in [7, 11) is 0. The van der Waals surface area contributed by atoms with Crippen LogP contribution in [0, 0.1) is 0 Å². The van der Waals surface area contributed by atoms with E-state index in [1.807, 2.05) is 0 Å². The molecule has 8 heteroatoms. The van der Waals surface area contributed by atoms with Gasteiger partial charge in [-0.15, -0.1) is 0 Å². The summed E-state index contributed by atoms with van der Waals surface area (Å²) < 4.78 is 43.3. The van der Waals surface area contributed by atoms with Crippen LogP contribution >= 0.6 is 27.5 Å². The molecule has 116 valence electrons. The highest BCUT2D eigenvalue weighted by molar-refractivity contribution is 9.10. The number of halogens is 5. The molecule has 22 heavy (non-hydrogen) atoms. The third-order valence-electron chi connectivity index (χ3n) is 2.67. The lowest BCUT2D eigenvalue weighted by atomic mass is 10.2. The van der Waals surface area contributed by atoms with Crippen molar-refractivity contribution < 1.29 is 27.8 Å². The first-order valence-electron chi connectivity index (χ1n) is 5.76. The summed E-state index contributed by atoms with van der Waals surface area (Å²) in [5.74, 6) is -1.36. The predicted molar refractivity (Wildman–Crippen MR) is 77.6 cm³/mol. The van der Waals surface area contributed by atoms with Gasteiger partial charge < -0.3 is 9.84 Å². The highest BCUT2D eigenvalue weighted by Crippen LogP contribution is 2.38. The number of hydrogen-bond donors (Lipinski definition) is 1. The molecule has 0 radical (unpaired) electrons. The number of rotatable bonds is 3. The van der Waals surface area contributed by atoms with Crippen LogP contribution in [0.25, 0.3) is 0 Å². The van der Waals surface area contributed by atoms with Crippen molar-refractivity contribution in [1.29, 1.82) is 0 Å². The van der Waals surface area contributed by atoms with Gasteiger partial charge >= 0.3 is 12.1 Å². The molecule has 2 aromatic carbocycles. The summed E-state index contributed by atoms with van der Waals surface area (Å²) in [6.07, 6.45) is -4.52. The van der Waals surface area contributed by atoms with Crippen LogP contribution in [-0.2, 0) is 6.18 Å². The molecule has 0 aliphatic heterocycles. The van der Waals surface area contributed by atoms with E-state index in [0.717, 1.165) is 18.2 Å². The van der Waals surface area contributed by atoms with Crippen molar-refractivity contribution in [2.24, 2.45) is 0 Å². The Labute approximate surface area is 136 Å². The zero-order valence-electron chi connectivity index (χ0n) is 10.6. The van der Waals surface area contributed by atoms with Crippen LogP contribution in [0.1, 0.15) is 15.9 Å². The number of ether oxygens (including phenoxy) is 1. The van der Waals surface area contributed by atoms with E-state index in [4.69, 9.17) is 21.4 Å². The van der Waals surface area contributed by atoms with Crippen LogP contribution in [0.4, 0.5) is 13.2 Å². The zero-order chi connectivity index (χ0) is 16.5. The fraction of sp³-hybridized carbons (Fsp3) is 0.0714. The Morgan fingerprint density at radius 2 is 1.86 bits per heavy atom. The van der Waals surface area contributed by atoms with Gasteiger partial charge in [-0.25, -0.2) is 4.79 Å². The molecule has 0 aliphatic carbocycles. The Kier molecular flexibility index (Phi) is 4.67. The molecule has 0 spiro atoms. The fourth-order valence-corrected chi connectivity index (χ4v) is 2.41. The van der Waals surface area contributed by atoms with E-state index in [1.54, 1.807) is 0 Å². The van der Waals surface area contributed by atoms with Crippen molar-refractivity contribution in [3.63, 3.8) is 0 Å². The molecule has 0 atom stereocenters. The number of alkyl halides is 3. The minimum atomic E-state index is -4.52. The second-order valence-corrected chi connectivity index (χ2v) is 5.42. The van der Waals surface area contributed by atoms with Gasteiger partial charge in [0.05, 0.1) is 10.6 Å². The third kappa shape index (κ3) is 3.53. The van der Waals surface area contributed by atoms with Crippen LogP contribution in [0.15, 0.2) is 40.9 Å². The molecule has 0 heterocycles. The van der Waals surface area contributed by atoms with E-state index in [-0.39, 0.29) is 26.6 Å². The Balaban J connectivity index is 2.41. The molecule has 2 rings (SSSR count). The highest BCUT2D eigenvalue weighted by Gasteiger charge is 2.31. The molecule has 2 aromatic rings. The zero-order valence-corrected chi connectivity index (χ0v) is 13.0. The van der Waals surface area contributed by atoms with E-state index in [0.29, 0.717) is 0 Å². The average molecular weight is 396 g/mol. The highest BCUT2D eigenvalue weighted by atomic mass is 79.9. The van der Waals surface area contributed by atoms with E-state index >= 15 is 0 Å². The smallest absolute Gasteiger partial charge is 0.416 e. The number of carboxylic acid groups (broad SMARTS) is 1. The monoisotopic (exact) mass is 394 g/mol. The molecule has 0 amide bonds. The molecule has 0 aromatic heterocycles. The second kappa shape index (κ2) is 6.18. The number of hydrogen-bond acceptors (Lipinski definition) is 2. The molecule has 0 saturated heterocycles. The van der Waals surface area contributed by atoms with E-state index in [2.05, 4.69) is 15.9 Å². The van der Waals surface area contributed by atoms with Crippen molar-refractivity contribution in [3.8, 4) is 11.5 Å². The predicted octanol–water partition coefficient (Wildman–Crippen LogP) is 5.61. The maximum absolute atomic E-state index is 12.6. The van der Waals surface area contributed by atoms with Gasteiger partial charge in [0.1, 0.15) is 17.1 Å².